The number of hydrogen-bond acceptors (Lipinski definition) is 17. The second-order valence-corrected chi connectivity index (χ2v) is 20.6. The van der Waals surface area contributed by atoms with Gasteiger partial charge in [-0.25, -0.2) is 0 Å². The molecule has 3 aliphatic rings. The summed E-state index contributed by atoms with van der Waals surface area (Å²) < 4.78 is 0. The van der Waals surface area contributed by atoms with Gasteiger partial charge < -0.3 is 88.1 Å². The highest BCUT2D eigenvalue weighted by Crippen LogP contribution is 2.27. The van der Waals surface area contributed by atoms with Crippen LogP contribution in [0.3, 0.4) is 0 Å². The van der Waals surface area contributed by atoms with Gasteiger partial charge in [-0.15, -0.1) is 0 Å². The molecule has 1 aromatic rings. The quantitative estimate of drug-likeness (QED) is 0.0568. The lowest BCUT2D eigenvalue weighted by molar-refractivity contribution is -0.149. The minimum Gasteiger partial charge on any atom is -0.508 e. The van der Waals surface area contributed by atoms with E-state index in [1.54, 1.807) is 0 Å². The summed E-state index contributed by atoms with van der Waals surface area (Å²) in [5.74, 6) is -8.59. The topological polar surface area (TPSA) is 411 Å². The second kappa shape index (κ2) is 29.1. The van der Waals surface area contributed by atoms with Crippen molar-refractivity contribution in [2.75, 3.05) is 13.1 Å². The molecule has 16 atom stereocenters. The molecule has 422 valence electrons. The highest BCUT2D eigenvalue weighted by molar-refractivity contribution is 5.98. The summed E-state index contributed by atoms with van der Waals surface area (Å²) in [6.07, 6.45) is -10.2. The number of primary amides is 1. The normalized spacial score (nSPS) is 29.0. The van der Waals surface area contributed by atoms with Crippen LogP contribution in [0.1, 0.15) is 129 Å². The number of phenolic OH excluding ortho intramolecular Hbond substituents is 1. The fraction of sp³-hybridized carbons (Fsp3) is 0.720. The van der Waals surface area contributed by atoms with Crippen molar-refractivity contribution in [3.8, 4) is 5.75 Å². The maximum absolute atomic E-state index is 14.4. The minimum atomic E-state index is -2.36. The van der Waals surface area contributed by atoms with E-state index in [1.165, 1.54) is 6.42 Å². The van der Waals surface area contributed by atoms with Gasteiger partial charge in [-0.1, -0.05) is 77.8 Å². The Morgan fingerprint density at radius 2 is 1.32 bits per heavy atom. The van der Waals surface area contributed by atoms with Crippen molar-refractivity contribution in [2.24, 2.45) is 17.6 Å². The third-order valence-electron chi connectivity index (χ3n) is 14.3. The number of unbranched alkanes of at least 4 members (excludes halogenated alkanes) is 5. The lowest BCUT2D eigenvalue weighted by Crippen LogP contribution is -2.64. The SMILES string of the molecule is CCC(C)CC(C)CCCCCCCCC(=O)N[C@H]1C[C@@H](O)[C@@H](O)NC(=O)[C@@H]2[C@@H](O)CCN2C(=O)[C@H]([C@@H](O)CC(N)=O)NC(=O)C([C@H](O)[C@@H](O)c2ccc(O)cc2)NC(=O)[C@@H]2C[C@@H](O)CN2C(=O)C([C@H](C)O)NC1=O. The molecule has 0 radical (unpaired) electrons. The number of aliphatic hydroxyl groups is 8. The Labute approximate surface area is 436 Å². The molecule has 0 aliphatic carbocycles. The van der Waals surface area contributed by atoms with Gasteiger partial charge in [0.25, 0.3) is 0 Å². The van der Waals surface area contributed by atoms with Gasteiger partial charge >= 0.3 is 0 Å². The molecule has 0 bridgehead atoms. The molecule has 4 unspecified atom stereocenters. The van der Waals surface area contributed by atoms with E-state index in [0.717, 1.165) is 74.6 Å². The van der Waals surface area contributed by atoms with Crippen LogP contribution in [0.25, 0.3) is 0 Å². The molecule has 25 heteroatoms. The molecule has 3 fully saturated rings. The zero-order valence-electron chi connectivity index (χ0n) is 43.1. The zero-order chi connectivity index (χ0) is 55.8. The third kappa shape index (κ3) is 17.8. The van der Waals surface area contributed by atoms with Gasteiger partial charge in [-0.05, 0) is 55.7 Å². The molecule has 8 amide bonds. The number of fused-ring (bicyclic) bond motifs is 2. The first kappa shape index (κ1) is 62.0. The van der Waals surface area contributed by atoms with E-state index >= 15 is 0 Å². The van der Waals surface area contributed by atoms with E-state index in [-0.39, 0.29) is 24.2 Å². The van der Waals surface area contributed by atoms with Crippen LogP contribution in [-0.4, -0.2) is 195 Å². The van der Waals surface area contributed by atoms with Crippen LogP contribution >= 0.6 is 0 Å². The Morgan fingerprint density at radius 3 is 1.95 bits per heavy atom. The number of carbonyl (C=O) groups excluding carboxylic acids is 8. The molecule has 0 spiro atoms. The standard InChI is InChI=1S/C50H80N8O17/c1-5-25(2)20-26(3)12-10-8-6-7-9-11-13-37(66)52-31-22-35(64)46(71)56-48(73)41-33(62)18-19-57(41)50(75)39(34(63)23-36(51)65)54-47(72)40(43(68)42(67)28-14-16-29(60)17-15-28)55-45(70)32-21-30(61)24-58(32)49(74)38(27(4)59)53-44(31)69/h14-17,25-27,30-35,38-43,46,59-64,67-68,71H,5-13,18-24H2,1-4H3,(H2,51,65)(H,52,66)(H,53,69)(H,54,72)(H,55,70)(H,56,73)/t25?,26?,27-,30+,31-,32-,33-,34-,35+,38?,39-,40?,41-,42-,43-,46+/m0/s1. The summed E-state index contributed by atoms with van der Waals surface area (Å²) in [5.41, 5.74) is 5.21. The van der Waals surface area contributed by atoms with Crippen LogP contribution in [0, 0.1) is 11.8 Å². The highest BCUT2D eigenvalue weighted by atomic mass is 16.3. The predicted molar refractivity (Wildman–Crippen MR) is 265 cm³/mol. The molecule has 0 aromatic heterocycles. The maximum atomic E-state index is 14.4. The van der Waals surface area contributed by atoms with Gasteiger partial charge in [-0.2, -0.15) is 0 Å². The van der Waals surface area contributed by atoms with Crippen molar-refractivity contribution in [1.29, 1.82) is 0 Å². The number of benzene rings is 1. The molecule has 3 saturated heterocycles. The summed E-state index contributed by atoms with van der Waals surface area (Å²) in [4.78, 5) is 112. The number of carbonyl (C=O) groups is 8. The largest absolute Gasteiger partial charge is 0.508 e. The monoisotopic (exact) mass is 1060 g/mol. The molecular formula is C50H80N8O17. The smallest absolute Gasteiger partial charge is 0.248 e. The van der Waals surface area contributed by atoms with Gasteiger partial charge in [0.05, 0.1) is 30.8 Å². The zero-order valence-corrected chi connectivity index (χ0v) is 43.1. The Hall–Kier alpha value is -5.54. The number of amides is 8. The number of nitrogens with one attached hydrogen (secondary N) is 5. The summed E-state index contributed by atoms with van der Waals surface area (Å²) >= 11 is 0. The van der Waals surface area contributed by atoms with Crippen LogP contribution in [0.15, 0.2) is 24.3 Å². The van der Waals surface area contributed by atoms with Crippen molar-refractivity contribution < 1.29 is 84.3 Å². The minimum absolute atomic E-state index is 0.0795. The number of hydrogen-bond donors (Lipinski definition) is 15. The van der Waals surface area contributed by atoms with E-state index in [9.17, 15) is 84.3 Å². The number of aliphatic hydroxyl groups excluding tert-OH is 8. The number of nitrogens with zero attached hydrogens (tertiary/aromatic N) is 2. The Bertz CT molecular complexity index is 2100. The predicted octanol–water partition coefficient (Wildman–Crippen LogP) is -3.34. The van der Waals surface area contributed by atoms with Crippen molar-refractivity contribution in [2.45, 2.75) is 203 Å². The fourth-order valence-electron chi connectivity index (χ4n) is 9.79. The van der Waals surface area contributed by atoms with Gasteiger partial charge in [0.15, 0.2) is 6.23 Å². The Kier molecular flexibility index (Phi) is 24.1. The first-order valence-electron chi connectivity index (χ1n) is 26.0. The summed E-state index contributed by atoms with van der Waals surface area (Å²) in [6, 6.07) is -7.37. The van der Waals surface area contributed by atoms with Gasteiger partial charge in [-0.3, -0.25) is 38.4 Å². The first-order valence-corrected chi connectivity index (χ1v) is 26.0. The van der Waals surface area contributed by atoms with Crippen LogP contribution < -0.4 is 32.3 Å². The van der Waals surface area contributed by atoms with Crippen LogP contribution in [0.5, 0.6) is 5.75 Å². The van der Waals surface area contributed by atoms with Crippen LogP contribution in [0.4, 0.5) is 0 Å². The molecule has 25 nitrogen and oxygen atoms in total. The summed E-state index contributed by atoms with van der Waals surface area (Å²) in [7, 11) is 0. The fourth-order valence-corrected chi connectivity index (χ4v) is 9.79. The van der Waals surface area contributed by atoms with E-state index in [2.05, 4.69) is 47.4 Å². The third-order valence-corrected chi connectivity index (χ3v) is 14.3. The van der Waals surface area contributed by atoms with Gasteiger partial charge in [0.2, 0.25) is 47.3 Å². The number of phenols is 1. The number of rotatable bonds is 20. The van der Waals surface area contributed by atoms with Crippen LogP contribution in [-0.2, 0) is 38.4 Å². The molecule has 0 saturated carbocycles. The molecule has 16 N–H and O–H groups in total. The lowest BCUT2D eigenvalue weighted by atomic mass is 9.91. The summed E-state index contributed by atoms with van der Waals surface area (Å²) in [6.45, 7) is 6.76. The van der Waals surface area contributed by atoms with Gasteiger partial charge in [0.1, 0.15) is 60.3 Å². The molecule has 75 heavy (non-hydrogen) atoms. The Morgan fingerprint density at radius 1 is 0.720 bits per heavy atom. The van der Waals surface area contributed by atoms with E-state index in [0.29, 0.717) is 29.6 Å². The van der Waals surface area contributed by atoms with Crippen LogP contribution in [0.2, 0.25) is 0 Å². The van der Waals surface area contributed by atoms with Crippen molar-refractivity contribution in [3.63, 3.8) is 0 Å². The molecule has 3 heterocycles. The lowest BCUT2D eigenvalue weighted by Gasteiger charge is -2.34. The average Bonchev–Trinajstić information content (AvgIpc) is 3.95. The second-order valence-electron chi connectivity index (χ2n) is 20.6. The van der Waals surface area contributed by atoms with Gasteiger partial charge in [0, 0.05) is 32.4 Å². The molecule has 3 aliphatic heterocycles. The molecule has 4 rings (SSSR count). The summed E-state index contributed by atoms with van der Waals surface area (Å²) in [5, 5.41) is 110. The van der Waals surface area contributed by atoms with E-state index in [4.69, 9.17) is 5.73 Å². The number of nitrogens with two attached hydrogens (primary N) is 1. The Balaban J connectivity index is 1.69. The molecular weight excluding hydrogens is 985 g/mol. The number of aromatic hydroxyl groups is 1. The van der Waals surface area contributed by atoms with Crippen molar-refractivity contribution in [1.82, 2.24) is 36.4 Å². The maximum Gasteiger partial charge on any atom is 0.248 e. The van der Waals surface area contributed by atoms with Crippen molar-refractivity contribution in [3.05, 3.63) is 29.8 Å². The van der Waals surface area contributed by atoms with E-state index < -0.39 is 165 Å². The first-order chi connectivity index (χ1) is 35.3. The van der Waals surface area contributed by atoms with E-state index in [1.807, 2.05) is 0 Å². The highest BCUT2D eigenvalue weighted by Gasteiger charge is 2.49. The average molecular weight is 1070 g/mol. The van der Waals surface area contributed by atoms with Crippen molar-refractivity contribution >= 4 is 47.3 Å². The molecule has 1 aromatic carbocycles.